The van der Waals surface area contributed by atoms with Crippen LogP contribution in [0.3, 0.4) is 0 Å². The zero-order valence-electron chi connectivity index (χ0n) is 41.1. The van der Waals surface area contributed by atoms with E-state index in [2.05, 4.69) is 261 Å². The van der Waals surface area contributed by atoms with E-state index in [0.29, 0.717) is 0 Å². The normalized spacial score (nSPS) is 11.9. The van der Waals surface area contributed by atoms with Crippen molar-refractivity contribution in [1.29, 1.82) is 0 Å². The fourth-order valence-electron chi connectivity index (χ4n) is 12.6. The van der Waals surface area contributed by atoms with E-state index in [1.807, 2.05) is 24.8 Å². The first-order valence-electron chi connectivity index (χ1n) is 25.9. The number of fused-ring (bicyclic) bond motifs is 12. The lowest BCUT2D eigenvalue weighted by Gasteiger charge is -2.19. The average Bonchev–Trinajstić information content (AvgIpc) is 4.29. The second-order valence-corrected chi connectivity index (χ2v) is 19.7. The van der Waals surface area contributed by atoms with Crippen molar-refractivity contribution < 1.29 is 0 Å². The van der Waals surface area contributed by atoms with Gasteiger partial charge in [-0.25, -0.2) is 0 Å². The second-order valence-electron chi connectivity index (χ2n) is 19.7. The highest BCUT2D eigenvalue weighted by Gasteiger charge is 2.23. The van der Waals surface area contributed by atoms with Crippen LogP contribution in [0.25, 0.3) is 143 Å². The van der Waals surface area contributed by atoms with Crippen LogP contribution in [-0.2, 0) is 0 Å². The number of aromatic nitrogens is 6. The Hall–Kier alpha value is -10.3. The van der Waals surface area contributed by atoms with Crippen LogP contribution in [-0.4, -0.2) is 28.2 Å². The molecule has 6 heterocycles. The van der Waals surface area contributed by atoms with Crippen molar-refractivity contribution in [3.05, 3.63) is 267 Å². The molecule has 0 N–H and O–H groups in total. The van der Waals surface area contributed by atoms with Crippen molar-refractivity contribution >= 4 is 87.2 Å². The van der Waals surface area contributed by atoms with Gasteiger partial charge >= 0.3 is 0 Å². The van der Waals surface area contributed by atoms with E-state index in [-0.39, 0.29) is 0 Å². The van der Waals surface area contributed by atoms with Crippen LogP contribution in [0.4, 0.5) is 0 Å². The summed E-state index contributed by atoms with van der Waals surface area (Å²) in [5.74, 6) is 0. The van der Waals surface area contributed by atoms with Gasteiger partial charge in [-0.3, -0.25) is 9.97 Å². The highest BCUT2D eigenvalue weighted by molar-refractivity contribution is 6.15. The summed E-state index contributed by atoms with van der Waals surface area (Å²) in [5, 5.41) is 9.78. The summed E-state index contributed by atoms with van der Waals surface area (Å²) >= 11 is 0. The van der Waals surface area contributed by atoms with Gasteiger partial charge in [0.2, 0.25) is 0 Å². The van der Waals surface area contributed by atoms with E-state index in [1.54, 1.807) is 0 Å². The molecule has 0 aliphatic heterocycles. The van der Waals surface area contributed by atoms with E-state index in [9.17, 15) is 0 Å². The third-order valence-electron chi connectivity index (χ3n) is 15.8. The highest BCUT2D eigenvalue weighted by Crippen LogP contribution is 2.45. The summed E-state index contributed by atoms with van der Waals surface area (Å²) in [5.41, 5.74) is 20.1. The van der Waals surface area contributed by atoms with Gasteiger partial charge in [0.1, 0.15) is 0 Å². The number of para-hydroxylation sites is 8. The minimum atomic E-state index is 1.00. The van der Waals surface area contributed by atoms with Gasteiger partial charge in [-0.15, -0.1) is 0 Å². The van der Waals surface area contributed by atoms with Gasteiger partial charge in [0.05, 0.1) is 55.5 Å². The minimum absolute atomic E-state index is 1.00. The fourth-order valence-corrected chi connectivity index (χ4v) is 12.6. The highest BCUT2D eigenvalue weighted by atomic mass is 15.0. The Labute approximate surface area is 436 Å². The molecule has 0 aliphatic rings. The van der Waals surface area contributed by atoms with Crippen molar-refractivity contribution in [3.63, 3.8) is 0 Å². The zero-order valence-corrected chi connectivity index (χ0v) is 41.1. The largest absolute Gasteiger partial charge is 0.309 e. The Morgan fingerprint density at radius 2 is 0.500 bits per heavy atom. The van der Waals surface area contributed by atoms with Crippen molar-refractivity contribution in [2.45, 2.75) is 0 Å². The molecule has 0 saturated heterocycles. The van der Waals surface area contributed by atoms with Crippen LogP contribution in [0.5, 0.6) is 0 Å². The van der Waals surface area contributed by atoms with Gasteiger partial charge in [-0.1, -0.05) is 146 Å². The lowest BCUT2D eigenvalue weighted by molar-refractivity contribution is 1.16. The summed E-state index contributed by atoms with van der Waals surface area (Å²) in [7, 11) is 0. The van der Waals surface area contributed by atoms with Gasteiger partial charge < -0.3 is 18.3 Å². The van der Waals surface area contributed by atoms with Crippen LogP contribution in [0, 0.1) is 0 Å². The number of hydrogen-bond acceptors (Lipinski definition) is 2. The standard InChI is InChI=1S/C70H44N6/c1-13-29-65(75-67-31-15-7-23-55(67)57-41-45(33-35-69(57)75)73-61-25-9-3-19-51(61)52-20-4-10-26-62(52)73)49(17-1)47-37-39-71-43-59(47)60-44-72-40-38-48(60)50-18-2-14-30-66(50)76-68-32-16-8-24-56(68)58-42-46(34-36-70(58)76)74-63-27-11-5-21-53(63)54-22-6-12-28-64(54)74/h1-44H. The molecular weight excluding hydrogens is 925 g/mol. The van der Waals surface area contributed by atoms with E-state index < -0.39 is 0 Å². The summed E-state index contributed by atoms with van der Waals surface area (Å²) in [6.07, 6.45) is 7.84. The van der Waals surface area contributed by atoms with Gasteiger partial charge in [0.25, 0.3) is 0 Å². The maximum absolute atomic E-state index is 4.83. The Morgan fingerprint density at radius 1 is 0.211 bits per heavy atom. The first kappa shape index (κ1) is 42.2. The molecule has 0 spiro atoms. The molecule has 10 aromatic carbocycles. The first-order chi connectivity index (χ1) is 37.8. The Morgan fingerprint density at radius 3 is 0.868 bits per heavy atom. The summed E-state index contributed by atoms with van der Waals surface area (Å²) in [6.45, 7) is 0. The molecule has 354 valence electrons. The molecule has 6 heteroatoms. The molecule has 0 radical (unpaired) electrons. The van der Waals surface area contributed by atoms with Crippen LogP contribution in [0.2, 0.25) is 0 Å². The zero-order chi connectivity index (χ0) is 49.8. The summed E-state index contributed by atoms with van der Waals surface area (Å²) < 4.78 is 9.69. The quantitative estimate of drug-likeness (QED) is 0.160. The monoisotopic (exact) mass is 968 g/mol. The van der Waals surface area contributed by atoms with E-state index in [4.69, 9.17) is 9.97 Å². The summed E-state index contributed by atoms with van der Waals surface area (Å²) in [6, 6.07) is 88.3. The lowest BCUT2D eigenvalue weighted by Crippen LogP contribution is -2.00. The molecule has 0 unspecified atom stereocenters. The van der Waals surface area contributed by atoms with Crippen LogP contribution in [0.15, 0.2) is 267 Å². The predicted octanol–water partition coefficient (Wildman–Crippen LogP) is 17.9. The molecule has 16 aromatic rings. The van der Waals surface area contributed by atoms with E-state index in [1.165, 1.54) is 65.2 Å². The predicted molar refractivity (Wildman–Crippen MR) is 316 cm³/mol. The number of rotatable bonds is 7. The van der Waals surface area contributed by atoms with E-state index in [0.717, 1.165) is 78.2 Å². The topological polar surface area (TPSA) is 45.5 Å². The Bertz CT molecular complexity index is 4600. The van der Waals surface area contributed by atoms with Crippen molar-refractivity contribution in [1.82, 2.24) is 28.2 Å². The number of nitrogens with zero attached hydrogens (tertiary/aromatic N) is 6. The van der Waals surface area contributed by atoms with Gasteiger partial charge in [-0.2, -0.15) is 0 Å². The molecule has 0 atom stereocenters. The maximum atomic E-state index is 4.83. The smallest absolute Gasteiger partial charge is 0.0542 e. The third-order valence-corrected chi connectivity index (χ3v) is 15.8. The molecule has 6 aromatic heterocycles. The molecule has 76 heavy (non-hydrogen) atoms. The molecule has 0 aliphatic carbocycles. The Kier molecular flexibility index (Phi) is 9.23. The van der Waals surface area contributed by atoms with Crippen LogP contribution >= 0.6 is 0 Å². The number of pyridine rings is 2. The lowest BCUT2D eigenvalue weighted by atomic mass is 9.90. The number of benzene rings is 10. The molecule has 16 rings (SSSR count). The van der Waals surface area contributed by atoms with Gasteiger partial charge in [0.15, 0.2) is 0 Å². The molecule has 0 saturated carbocycles. The second kappa shape index (κ2) is 16.6. The SMILES string of the molecule is c1ccc(-n2c3ccccc3c3cc(-n4c5ccccc5c5ccccc54)ccc32)c(-c2ccncc2-c2cnccc2-c2ccccc2-n2c3ccccc3c3cc(-n4c5ccccc5c5ccccc54)ccc32)c1. The van der Waals surface area contributed by atoms with Crippen molar-refractivity contribution in [3.8, 4) is 56.1 Å². The van der Waals surface area contributed by atoms with E-state index >= 15 is 0 Å². The molecule has 0 amide bonds. The number of hydrogen-bond donors (Lipinski definition) is 0. The molecular formula is C70H44N6. The van der Waals surface area contributed by atoms with Crippen LogP contribution < -0.4 is 0 Å². The van der Waals surface area contributed by atoms with Gasteiger partial charge in [-0.05, 0) is 108 Å². The maximum Gasteiger partial charge on any atom is 0.0542 e. The molecule has 0 fully saturated rings. The van der Waals surface area contributed by atoms with Gasteiger partial charge in [0, 0.05) is 102 Å². The molecule has 0 bridgehead atoms. The first-order valence-corrected chi connectivity index (χ1v) is 25.9. The third kappa shape index (κ3) is 6.16. The van der Waals surface area contributed by atoms with Crippen molar-refractivity contribution in [2.75, 3.05) is 0 Å². The minimum Gasteiger partial charge on any atom is -0.309 e. The average molecular weight is 969 g/mol. The van der Waals surface area contributed by atoms with Crippen molar-refractivity contribution in [2.24, 2.45) is 0 Å². The molecule has 6 nitrogen and oxygen atoms in total. The fraction of sp³-hybridized carbons (Fsp3) is 0. The summed E-state index contributed by atoms with van der Waals surface area (Å²) in [4.78, 5) is 9.66. The Balaban J connectivity index is 0.855. The van der Waals surface area contributed by atoms with Crippen LogP contribution in [0.1, 0.15) is 0 Å².